The van der Waals surface area contributed by atoms with Crippen molar-refractivity contribution in [1.29, 1.82) is 0 Å². The number of carbonyl (C=O) groups is 2. The number of cyclic esters (lactones) is 1. The molecular weight excluding hydrogens is 243 g/mol. The topological polar surface area (TPSA) is 75.6 Å². The maximum atomic E-state index is 12.0. The molecular formula is C9H12F3NO4. The summed E-state index contributed by atoms with van der Waals surface area (Å²) in [5.41, 5.74) is -1.53. The minimum Gasteiger partial charge on any atom is -0.457 e. The molecule has 17 heavy (non-hydrogen) atoms. The monoisotopic (exact) mass is 255 g/mol. The van der Waals surface area contributed by atoms with Crippen LogP contribution in [0.25, 0.3) is 0 Å². The van der Waals surface area contributed by atoms with Crippen molar-refractivity contribution in [3.8, 4) is 0 Å². The van der Waals surface area contributed by atoms with Gasteiger partial charge in [-0.25, -0.2) is 0 Å². The number of halogens is 3. The summed E-state index contributed by atoms with van der Waals surface area (Å²) in [4.78, 5) is 21.7. The SMILES string of the molecule is CC(C)(O)[C@@H]1OC(=O)C[C@@H]1NC(=O)C(F)(F)F. The van der Waals surface area contributed by atoms with Gasteiger partial charge in [0.15, 0.2) is 6.10 Å². The fraction of sp³-hybridized carbons (Fsp3) is 0.778. The lowest BCUT2D eigenvalue weighted by atomic mass is 9.95. The van der Waals surface area contributed by atoms with Gasteiger partial charge in [0, 0.05) is 0 Å². The molecule has 0 bridgehead atoms. The van der Waals surface area contributed by atoms with Crippen LogP contribution in [0.5, 0.6) is 0 Å². The minimum atomic E-state index is -5.03. The maximum Gasteiger partial charge on any atom is 0.471 e. The standard InChI is InChI=1S/C9H12F3NO4/c1-8(2,16)6-4(3-5(14)17-6)13-7(15)9(10,11)12/h4,6,16H,3H2,1-2H3,(H,13,15)/t4-,6+/m0/s1. The first-order chi connectivity index (χ1) is 7.51. The zero-order chi connectivity index (χ0) is 13.4. The quantitative estimate of drug-likeness (QED) is 0.687. The van der Waals surface area contributed by atoms with E-state index in [1.807, 2.05) is 0 Å². The minimum absolute atomic E-state index is 0.392. The Labute approximate surface area is 94.9 Å². The molecule has 0 spiro atoms. The van der Waals surface area contributed by atoms with Crippen LogP contribution in [0, 0.1) is 0 Å². The Kier molecular flexibility index (Phi) is 3.37. The molecule has 1 amide bonds. The van der Waals surface area contributed by atoms with Crippen LogP contribution in [-0.4, -0.2) is 40.9 Å². The maximum absolute atomic E-state index is 12.0. The molecule has 8 heteroatoms. The summed E-state index contributed by atoms with van der Waals surface area (Å²) in [5.74, 6) is -2.92. The molecule has 0 saturated carbocycles. The summed E-state index contributed by atoms with van der Waals surface area (Å²) in [6.45, 7) is 2.56. The third kappa shape index (κ3) is 3.32. The van der Waals surface area contributed by atoms with Crippen molar-refractivity contribution in [3.63, 3.8) is 0 Å². The first-order valence-corrected chi connectivity index (χ1v) is 4.81. The van der Waals surface area contributed by atoms with E-state index in [-0.39, 0.29) is 0 Å². The van der Waals surface area contributed by atoms with Gasteiger partial charge in [0.2, 0.25) is 0 Å². The number of rotatable bonds is 2. The Morgan fingerprint density at radius 3 is 2.41 bits per heavy atom. The van der Waals surface area contributed by atoms with Gasteiger partial charge in [0.1, 0.15) is 0 Å². The summed E-state index contributed by atoms with van der Waals surface area (Å²) in [7, 11) is 0. The van der Waals surface area contributed by atoms with Crippen LogP contribution < -0.4 is 5.32 Å². The molecule has 5 nitrogen and oxygen atoms in total. The van der Waals surface area contributed by atoms with Gasteiger partial charge in [-0.1, -0.05) is 0 Å². The number of ether oxygens (including phenoxy) is 1. The summed E-state index contributed by atoms with van der Waals surface area (Å²) < 4.78 is 40.8. The van der Waals surface area contributed by atoms with Gasteiger partial charge in [-0.2, -0.15) is 13.2 Å². The molecule has 1 heterocycles. The summed E-state index contributed by atoms with van der Waals surface area (Å²) in [6.07, 6.45) is -6.62. The van der Waals surface area contributed by atoms with Gasteiger partial charge >= 0.3 is 18.1 Å². The van der Waals surface area contributed by atoms with Crippen LogP contribution in [0.3, 0.4) is 0 Å². The Morgan fingerprint density at radius 1 is 1.47 bits per heavy atom. The van der Waals surface area contributed by atoms with E-state index in [0.717, 1.165) is 0 Å². The van der Waals surface area contributed by atoms with E-state index in [1.165, 1.54) is 13.8 Å². The van der Waals surface area contributed by atoms with E-state index in [1.54, 1.807) is 5.32 Å². The van der Waals surface area contributed by atoms with Crippen LogP contribution in [0.1, 0.15) is 20.3 Å². The Balaban J connectivity index is 2.76. The van der Waals surface area contributed by atoms with Gasteiger partial charge < -0.3 is 15.2 Å². The van der Waals surface area contributed by atoms with Crippen molar-refractivity contribution in [2.75, 3.05) is 0 Å². The van der Waals surface area contributed by atoms with E-state index in [4.69, 9.17) is 0 Å². The molecule has 0 unspecified atom stereocenters. The number of alkyl halides is 3. The fourth-order valence-corrected chi connectivity index (χ4v) is 1.57. The van der Waals surface area contributed by atoms with Crippen molar-refractivity contribution in [1.82, 2.24) is 5.32 Å². The van der Waals surface area contributed by atoms with Gasteiger partial charge in [-0.05, 0) is 13.8 Å². The molecule has 2 atom stereocenters. The summed E-state index contributed by atoms with van der Waals surface area (Å²) in [5, 5.41) is 11.2. The zero-order valence-electron chi connectivity index (χ0n) is 9.17. The first-order valence-electron chi connectivity index (χ1n) is 4.81. The fourth-order valence-electron chi connectivity index (χ4n) is 1.57. The van der Waals surface area contributed by atoms with Crippen molar-refractivity contribution >= 4 is 11.9 Å². The van der Waals surface area contributed by atoms with E-state index < -0.39 is 42.2 Å². The zero-order valence-corrected chi connectivity index (χ0v) is 9.17. The molecule has 0 radical (unpaired) electrons. The summed E-state index contributed by atoms with van der Waals surface area (Å²) >= 11 is 0. The average Bonchev–Trinajstić information content (AvgIpc) is 2.44. The van der Waals surface area contributed by atoms with Gasteiger partial charge in [0.05, 0.1) is 18.1 Å². The van der Waals surface area contributed by atoms with Crippen LogP contribution in [0.15, 0.2) is 0 Å². The number of hydrogen-bond acceptors (Lipinski definition) is 4. The summed E-state index contributed by atoms with van der Waals surface area (Å²) in [6, 6.07) is -1.18. The Bertz CT molecular complexity index is 334. The van der Waals surface area contributed by atoms with E-state index >= 15 is 0 Å². The second kappa shape index (κ2) is 4.17. The first kappa shape index (κ1) is 13.8. The molecule has 1 aliphatic heterocycles. The molecule has 98 valence electrons. The van der Waals surface area contributed by atoms with Crippen LogP contribution in [0.2, 0.25) is 0 Å². The van der Waals surface area contributed by atoms with Crippen molar-refractivity contribution < 1.29 is 32.6 Å². The smallest absolute Gasteiger partial charge is 0.457 e. The van der Waals surface area contributed by atoms with Crippen LogP contribution in [-0.2, 0) is 14.3 Å². The normalized spacial score (nSPS) is 25.6. The van der Waals surface area contributed by atoms with E-state index in [9.17, 15) is 27.9 Å². The van der Waals surface area contributed by atoms with Crippen molar-refractivity contribution in [2.24, 2.45) is 0 Å². The molecule has 1 aliphatic rings. The highest BCUT2D eigenvalue weighted by Gasteiger charge is 2.48. The highest BCUT2D eigenvalue weighted by atomic mass is 19.4. The Hall–Kier alpha value is -1.31. The second-order valence-electron chi connectivity index (χ2n) is 4.35. The average molecular weight is 255 g/mol. The highest BCUT2D eigenvalue weighted by Crippen LogP contribution is 2.26. The lowest BCUT2D eigenvalue weighted by molar-refractivity contribution is -0.175. The van der Waals surface area contributed by atoms with Gasteiger partial charge in [-0.15, -0.1) is 0 Å². The number of nitrogens with one attached hydrogen (secondary N) is 1. The van der Waals surface area contributed by atoms with Crippen molar-refractivity contribution in [2.45, 2.75) is 44.2 Å². The number of amides is 1. The van der Waals surface area contributed by atoms with E-state index in [2.05, 4.69) is 4.74 Å². The lowest BCUT2D eigenvalue weighted by Gasteiger charge is -2.29. The molecule has 1 rings (SSSR count). The Morgan fingerprint density at radius 2 is 2.00 bits per heavy atom. The molecule has 0 aromatic heterocycles. The van der Waals surface area contributed by atoms with Gasteiger partial charge in [0.25, 0.3) is 0 Å². The molecule has 0 aromatic rings. The number of carbonyl (C=O) groups excluding carboxylic acids is 2. The number of esters is 1. The molecule has 0 aromatic carbocycles. The highest BCUT2D eigenvalue weighted by molar-refractivity contribution is 5.83. The predicted octanol–water partition coefficient (Wildman–Crippen LogP) is 0.120. The second-order valence-corrected chi connectivity index (χ2v) is 4.35. The van der Waals surface area contributed by atoms with Gasteiger partial charge in [-0.3, -0.25) is 9.59 Å². The molecule has 0 aliphatic carbocycles. The molecule has 2 N–H and O–H groups in total. The van der Waals surface area contributed by atoms with Crippen molar-refractivity contribution in [3.05, 3.63) is 0 Å². The predicted molar refractivity (Wildman–Crippen MR) is 48.8 cm³/mol. The molecule has 1 saturated heterocycles. The lowest BCUT2D eigenvalue weighted by Crippen LogP contribution is -2.53. The van der Waals surface area contributed by atoms with E-state index in [0.29, 0.717) is 0 Å². The third-order valence-corrected chi connectivity index (χ3v) is 2.28. The largest absolute Gasteiger partial charge is 0.471 e. The number of aliphatic hydroxyl groups is 1. The third-order valence-electron chi connectivity index (χ3n) is 2.28. The van der Waals surface area contributed by atoms with Crippen LogP contribution >= 0.6 is 0 Å². The molecule has 1 fully saturated rings. The number of hydrogen-bond donors (Lipinski definition) is 2. The van der Waals surface area contributed by atoms with Crippen LogP contribution in [0.4, 0.5) is 13.2 Å².